The molecular formula is C16H9ClF4N2S. The highest BCUT2D eigenvalue weighted by Crippen LogP contribution is 2.37. The molecule has 2 nitrogen and oxygen atoms in total. The molecule has 0 aliphatic carbocycles. The Morgan fingerprint density at radius 3 is 2.42 bits per heavy atom. The lowest BCUT2D eigenvalue weighted by molar-refractivity contribution is -0.137. The highest BCUT2D eigenvalue weighted by molar-refractivity contribution is 7.14. The molecule has 0 fully saturated rings. The molecule has 3 rings (SSSR count). The van der Waals surface area contributed by atoms with E-state index in [0.29, 0.717) is 16.4 Å². The smallest absolute Gasteiger partial charge is 0.332 e. The van der Waals surface area contributed by atoms with Crippen LogP contribution < -0.4 is 5.32 Å². The Kier molecular flexibility index (Phi) is 4.47. The first kappa shape index (κ1) is 16.7. The molecule has 1 aromatic heterocycles. The molecule has 124 valence electrons. The molecular weight excluding hydrogens is 364 g/mol. The highest BCUT2D eigenvalue weighted by Gasteiger charge is 2.33. The van der Waals surface area contributed by atoms with Crippen molar-refractivity contribution in [1.82, 2.24) is 4.98 Å². The van der Waals surface area contributed by atoms with Gasteiger partial charge >= 0.3 is 6.18 Å². The van der Waals surface area contributed by atoms with E-state index >= 15 is 0 Å². The molecule has 0 saturated heterocycles. The van der Waals surface area contributed by atoms with Gasteiger partial charge in [-0.2, -0.15) is 13.2 Å². The molecule has 2 aromatic carbocycles. The Morgan fingerprint density at radius 2 is 1.75 bits per heavy atom. The zero-order chi connectivity index (χ0) is 17.3. The predicted molar refractivity (Wildman–Crippen MR) is 87.2 cm³/mol. The number of hydrogen-bond donors (Lipinski definition) is 1. The summed E-state index contributed by atoms with van der Waals surface area (Å²) in [5.74, 6) is -0.354. The lowest BCUT2D eigenvalue weighted by Gasteiger charge is -2.11. The van der Waals surface area contributed by atoms with Gasteiger partial charge in [-0.05, 0) is 42.5 Å². The fraction of sp³-hybridized carbons (Fsp3) is 0.0625. The van der Waals surface area contributed by atoms with Crippen LogP contribution in [0.25, 0.3) is 11.3 Å². The minimum Gasteiger partial charge on any atom is -0.332 e. The van der Waals surface area contributed by atoms with E-state index in [1.165, 1.54) is 35.6 Å². The standard InChI is InChI=1S/C16H9ClF4N2S/c17-13-6-5-11(7-12(13)16(19,20)21)22-15-23-14(8-24-15)9-1-3-10(18)4-2-9/h1-8H,(H,22,23). The summed E-state index contributed by atoms with van der Waals surface area (Å²) in [7, 11) is 0. The van der Waals surface area contributed by atoms with Gasteiger partial charge in [0.15, 0.2) is 5.13 Å². The lowest BCUT2D eigenvalue weighted by Crippen LogP contribution is -2.06. The summed E-state index contributed by atoms with van der Waals surface area (Å²) in [5, 5.41) is 4.61. The third kappa shape index (κ3) is 3.68. The van der Waals surface area contributed by atoms with Crippen molar-refractivity contribution in [2.45, 2.75) is 6.18 Å². The van der Waals surface area contributed by atoms with Crippen LogP contribution in [-0.4, -0.2) is 4.98 Å². The molecule has 0 aliphatic rings. The summed E-state index contributed by atoms with van der Waals surface area (Å²) in [6, 6.07) is 9.35. The van der Waals surface area contributed by atoms with Gasteiger partial charge in [0.25, 0.3) is 0 Å². The third-order valence-electron chi connectivity index (χ3n) is 3.17. The number of aromatic nitrogens is 1. The van der Waals surface area contributed by atoms with Gasteiger partial charge in [-0.25, -0.2) is 9.37 Å². The van der Waals surface area contributed by atoms with Gasteiger partial charge in [-0.1, -0.05) is 11.6 Å². The van der Waals surface area contributed by atoms with Crippen LogP contribution in [0.1, 0.15) is 5.56 Å². The van der Waals surface area contributed by atoms with Gasteiger partial charge in [-0.15, -0.1) is 11.3 Å². The minimum atomic E-state index is -4.53. The number of nitrogens with zero attached hydrogens (tertiary/aromatic N) is 1. The molecule has 1 heterocycles. The van der Waals surface area contributed by atoms with E-state index in [4.69, 9.17) is 11.6 Å². The van der Waals surface area contributed by atoms with E-state index in [0.717, 1.165) is 6.07 Å². The van der Waals surface area contributed by atoms with Gasteiger partial charge in [0, 0.05) is 16.6 Å². The Balaban J connectivity index is 1.84. The molecule has 0 spiro atoms. The van der Waals surface area contributed by atoms with Crippen LogP contribution >= 0.6 is 22.9 Å². The van der Waals surface area contributed by atoms with Crippen molar-refractivity contribution < 1.29 is 17.6 Å². The monoisotopic (exact) mass is 372 g/mol. The van der Waals surface area contributed by atoms with Crippen molar-refractivity contribution in [3.05, 3.63) is 64.2 Å². The normalized spacial score (nSPS) is 11.5. The molecule has 0 unspecified atom stereocenters. The van der Waals surface area contributed by atoms with Crippen LogP contribution in [0.3, 0.4) is 0 Å². The molecule has 3 aromatic rings. The second kappa shape index (κ2) is 6.41. The topological polar surface area (TPSA) is 24.9 Å². The first-order chi connectivity index (χ1) is 11.3. The largest absolute Gasteiger partial charge is 0.417 e. The number of alkyl halides is 3. The molecule has 0 amide bonds. The predicted octanol–water partition coefficient (Wildman–Crippen LogP) is 6.37. The van der Waals surface area contributed by atoms with Crippen LogP contribution in [0.5, 0.6) is 0 Å². The van der Waals surface area contributed by atoms with Gasteiger partial charge in [-0.3, -0.25) is 0 Å². The Bertz CT molecular complexity index is 859. The van der Waals surface area contributed by atoms with E-state index in [1.54, 1.807) is 17.5 Å². The van der Waals surface area contributed by atoms with Crippen LogP contribution in [0.4, 0.5) is 28.4 Å². The van der Waals surface area contributed by atoms with Gasteiger partial charge in [0.2, 0.25) is 0 Å². The van der Waals surface area contributed by atoms with Crippen LogP contribution in [0.2, 0.25) is 5.02 Å². The zero-order valence-corrected chi connectivity index (χ0v) is 13.4. The summed E-state index contributed by atoms with van der Waals surface area (Å²) in [5.41, 5.74) is 0.636. The zero-order valence-electron chi connectivity index (χ0n) is 11.9. The summed E-state index contributed by atoms with van der Waals surface area (Å²) in [6.45, 7) is 0. The van der Waals surface area contributed by atoms with E-state index in [1.807, 2.05) is 0 Å². The van der Waals surface area contributed by atoms with Crippen LogP contribution in [0.15, 0.2) is 47.8 Å². The molecule has 0 saturated carbocycles. The maximum Gasteiger partial charge on any atom is 0.417 e. The van der Waals surface area contributed by atoms with E-state index in [2.05, 4.69) is 10.3 Å². The van der Waals surface area contributed by atoms with Crippen molar-refractivity contribution in [2.75, 3.05) is 5.32 Å². The maximum absolute atomic E-state index is 12.9. The van der Waals surface area contributed by atoms with Gasteiger partial charge in [0.05, 0.1) is 16.3 Å². The quantitative estimate of drug-likeness (QED) is 0.541. The number of halogens is 5. The lowest BCUT2D eigenvalue weighted by atomic mass is 10.2. The fourth-order valence-electron chi connectivity index (χ4n) is 2.03. The Labute approximate surface area is 143 Å². The SMILES string of the molecule is Fc1ccc(-c2csc(Nc3ccc(Cl)c(C(F)(F)F)c3)n2)cc1. The molecule has 1 N–H and O–H groups in total. The van der Waals surface area contributed by atoms with E-state index in [-0.39, 0.29) is 16.5 Å². The number of benzene rings is 2. The van der Waals surface area contributed by atoms with Crippen LogP contribution in [0, 0.1) is 5.82 Å². The summed E-state index contributed by atoms with van der Waals surface area (Å²) in [4.78, 5) is 4.29. The average Bonchev–Trinajstić information content (AvgIpc) is 2.97. The van der Waals surface area contributed by atoms with Crippen molar-refractivity contribution >= 4 is 33.8 Å². The average molecular weight is 373 g/mol. The number of hydrogen-bond acceptors (Lipinski definition) is 3. The molecule has 24 heavy (non-hydrogen) atoms. The first-order valence-electron chi connectivity index (χ1n) is 6.68. The summed E-state index contributed by atoms with van der Waals surface area (Å²) < 4.78 is 51.5. The number of thiazole rings is 1. The fourth-order valence-corrected chi connectivity index (χ4v) is 2.99. The molecule has 0 aliphatic heterocycles. The molecule has 8 heteroatoms. The van der Waals surface area contributed by atoms with E-state index in [9.17, 15) is 17.6 Å². The first-order valence-corrected chi connectivity index (χ1v) is 7.94. The number of anilines is 2. The minimum absolute atomic E-state index is 0.228. The second-order valence-electron chi connectivity index (χ2n) is 4.86. The van der Waals surface area contributed by atoms with E-state index < -0.39 is 11.7 Å². The molecule has 0 atom stereocenters. The van der Waals surface area contributed by atoms with Crippen molar-refractivity contribution in [2.24, 2.45) is 0 Å². The second-order valence-corrected chi connectivity index (χ2v) is 6.13. The van der Waals surface area contributed by atoms with Gasteiger partial charge < -0.3 is 5.32 Å². The highest BCUT2D eigenvalue weighted by atomic mass is 35.5. The molecule has 0 bridgehead atoms. The van der Waals surface area contributed by atoms with Crippen LogP contribution in [-0.2, 0) is 6.18 Å². The molecule has 0 radical (unpaired) electrons. The maximum atomic E-state index is 12.9. The third-order valence-corrected chi connectivity index (χ3v) is 4.25. The number of rotatable bonds is 3. The van der Waals surface area contributed by atoms with Crippen molar-refractivity contribution in [3.63, 3.8) is 0 Å². The summed E-state index contributed by atoms with van der Waals surface area (Å²) >= 11 is 6.82. The van der Waals surface area contributed by atoms with Crippen molar-refractivity contribution in [3.8, 4) is 11.3 Å². The van der Waals surface area contributed by atoms with Crippen molar-refractivity contribution in [1.29, 1.82) is 0 Å². The van der Waals surface area contributed by atoms with Gasteiger partial charge in [0.1, 0.15) is 5.82 Å². The Hall–Kier alpha value is -2.12. The number of nitrogens with one attached hydrogen (secondary N) is 1. The summed E-state index contributed by atoms with van der Waals surface area (Å²) in [6.07, 6.45) is -4.53. The Morgan fingerprint density at radius 1 is 1.04 bits per heavy atom.